The van der Waals surface area contributed by atoms with Crippen LogP contribution in [0, 0.1) is 0 Å². The molecule has 2 aromatic carbocycles. The van der Waals surface area contributed by atoms with Crippen molar-refractivity contribution in [1.82, 2.24) is 15.0 Å². The van der Waals surface area contributed by atoms with E-state index >= 15 is 0 Å². The van der Waals surface area contributed by atoms with Crippen molar-refractivity contribution in [1.29, 1.82) is 0 Å². The molecular weight excluding hydrogens is 455 g/mol. The molecule has 2 aromatic rings. The number of piperidine rings is 1. The quantitative estimate of drug-likeness (QED) is 0.536. The molecule has 1 fully saturated rings. The summed E-state index contributed by atoms with van der Waals surface area (Å²) in [5, 5.41) is 2.49. The number of amides is 4. The minimum atomic E-state index is -3.75. The van der Waals surface area contributed by atoms with Crippen molar-refractivity contribution in [2.75, 3.05) is 0 Å². The number of alkyl halides is 2. The van der Waals surface area contributed by atoms with Crippen LogP contribution in [-0.4, -0.2) is 47.4 Å². The third-order valence-electron chi connectivity index (χ3n) is 5.75. The normalized spacial score (nSPS) is 18.5. The molecule has 0 saturated carbocycles. The molecule has 33 heavy (non-hydrogen) atoms. The van der Waals surface area contributed by atoms with Gasteiger partial charge < -0.3 is 15.0 Å². The van der Waals surface area contributed by atoms with Crippen LogP contribution in [0.2, 0.25) is 5.02 Å². The van der Waals surface area contributed by atoms with Crippen molar-refractivity contribution in [2.45, 2.75) is 37.9 Å². The predicted octanol–water partition coefficient (Wildman–Crippen LogP) is 2.31. The number of nitrogens with one attached hydrogen (secondary N) is 1. The highest BCUT2D eigenvalue weighted by molar-refractivity contribution is 6.30. The van der Waals surface area contributed by atoms with E-state index in [1.165, 1.54) is 23.1 Å². The Morgan fingerprint density at radius 2 is 1.85 bits per heavy atom. The van der Waals surface area contributed by atoms with Crippen LogP contribution in [0.25, 0.3) is 0 Å². The predicted molar refractivity (Wildman–Crippen MR) is 114 cm³/mol. The third-order valence-corrected chi connectivity index (χ3v) is 6.00. The van der Waals surface area contributed by atoms with Gasteiger partial charge in [0, 0.05) is 35.7 Å². The first kappa shape index (κ1) is 22.9. The molecule has 2 heterocycles. The summed E-state index contributed by atoms with van der Waals surface area (Å²) in [6, 6.07) is 8.55. The van der Waals surface area contributed by atoms with E-state index < -0.39 is 35.2 Å². The van der Waals surface area contributed by atoms with Crippen LogP contribution >= 0.6 is 11.6 Å². The summed E-state index contributed by atoms with van der Waals surface area (Å²) in [5.74, 6) is -6.75. The van der Waals surface area contributed by atoms with Gasteiger partial charge in [-0.05, 0) is 35.7 Å². The lowest BCUT2D eigenvalue weighted by atomic mass is 9.99. The van der Waals surface area contributed by atoms with E-state index in [1.54, 1.807) is 12.1 Å². The number of fused-ring (bicyclic) bond motifs is 1. The van der Waals surface area contributed by atoms with Gasteiger partial charge in [-0.15, -0.1) is 0 Å². The number of benzene rings is 2. The van der Waals surface area contributed by atoms with Gasteiger partial charge in [-0.2, -0.15) is 8.78 Å². The number of carbonyl (C=O) groups excluding carboxylic acids is 4. The Balaban J connectivity index is 1.44. The maximum Gasteiger partial charge on any atom is 0.349 e. The highest BCUT2D eigenvalue weighted by Crippen LogP contribution is 2.31. The molecular formula is C22H17BClF2N3O4. The Labute approximate surface area is 194 Å². The molecule has 168 valence electrons. The van der Waals surface area contributed by atoms with Gasteiger partial charge in [0.1, 0.15) is 6.04 Å². The zero-order chi connectivity index (χ0) is 23.9. The Hall–Kier alpha value is -3.27. The molecule has 0 bridgehead atoms. The van der Waals surface area contributed by atoms with Gasteiger partial charge in [0.2, 0.25) is 19.8 Å². The zero-order valence-corrected chi connectivity index (χ0v) is 17.9. The second-order valence-electron chi connectivity index (χ2n) is 7.84. The monoisotopic (exact) mass is 471 g/mol. The number of rotatable bonds is 5. The average Bonchev–Trinajstić information content (AvgIpc) is 3.11. The highest BCUT2D eigenvalue weighted by Gasteiger charge is 2.42. The summed E-state index contributed by atoms with van der Waals surface area (Å²) in [6.07, 6.45) is 0.222. The summed E-state index contributed by atoms with van der Waals surface area (Å²) in [5.41, 5.74) is 0.979. The lowest BCUT2D eigenvalue weighted by Gasteiger charge is -2.34. The SMILES string of the molecule is [B]N1C(=O)CCC(N2Cc3cc(CNC(=O)C(F)(F)c4ccc(Cl)cc4)ccc3C2=O)C1=O. The third kappa shape index (κ3) is 4.22. The van der Waals surface area contributed by atoms with Crippen molar-refractivity contribution in [2.24, 2.45) is 0 Å². The topological polar surface area (TPSA) is 86.8 Å². The first-order chi connectivity index (χ1) is 15.6. The van der Waals surface area contributed by atoms with E-state index in [1.807, 2.05) is 0 Å². The Morgan fingerprint density at radius 3 is 2.55 bits per heavy atom. The smallest absolute Gasteiger partial charge is 0.346 e. The molecule has 4 amide bonds. The highest BCUT2D eigenvalue weighted by atomic mass is 35.5. The van der Waals surface area contributed by atoms with E-state index in [-0.39, 0.29) is 36.9 Å². The number of nitrogens with zero attached hydrogens (tertiary/aromatic N) is 2. The molecule has 1 atom stereocenters. The van der Waals surface area contributed by atoms with Crippen LogP contribution in [-0.2, 0) is 33.4 Å². The molecule has 2 radical (unpaired) electrons. The molecule has 1 unspecified atom stereocenters. The van der Waals surface area contributed by atoms with Gasteiger partial charge in [-0.1, -0.05) is 35.9 Å². The van der Waals surface area contributed by atoms with E-state index in [0.29, 0.717) is 21.5 Å². The van der Waals surface area contributed by atoms with Gasteiger partial charge in [0.25, 0.3) is 11.8 Å². The summed E-state index contributed by atoms with van der Waals surface area (Å²) >= 11 is 5.71. The first-order valence-corrected chi connectivity index (χ1v) is 10.4. The molecule has 2 aliphatic heterocycles. The Bertz CT molecular complexity index is 1160. The fraction of sp³-hybridized carbons (Fsp3) is 0.273. The maximum atomic E-state index is 14.4. The Morgan fingerprint density at radius 1 is 1.15 bits per heavy atom. The van der Waals surface area contributed by atoms with Crippen molar-refractivity contribution >= 4 is 43.2 Å². The van der Waals surface area contributed by atoms with Crippen molar-refractivity contribution in [3.05, 3.63) is 69.7 Å². The molecule has 2 aliphatic rings. The van der Waals surface area contributed by atoms with E-state index in [4.69, 9.17) is 19.6 Å². The van der Waals surface area contributed by atoms with Gasteiger partial charge in [0.15, 0.2) is 0 Å². The lowest BCUT2D eigenvalue weighted by Crippen LogP contribution is -2.53. The van der Waals surface area contributed by atoms with Gasteiger partial charge in [-0.25, -0.2) is 0 Å². The maximum absolute atomic E-state index is 14.4. The van der Waals surface area contributed by atoms with E-state index in [9.17, 15) is 28.0 Å². The molecule has 1 saturated heterocycles. The molecule has 0 spiro atoms. The molecule has 0 aromatic heterocycles. The number of hydrogen-bond acceptors (Lipinski definition) is 4. The number of hydrogen-bond donors (Lipinski definition) is 1. The van der Waals surface area contributed by atoms with Crippen LogP contribution < -0.4 is 5.32 Å². The molecule has 11 heteroatoms. The van der Waals surface area contributed by atoms with Gasteiger partial charge in [0.05, 0.1) is 0 Å². The second kappa shape index (κ2) is 8.59. The minimum Gasteiger partial charge on any atom is -0.346 e. The van der Waals surface area contributed by atoms with Crippen LogP contribution in [0.15, 0.2) is 42.5 Å². The number of carbonyl (C=O) groups is 4. The van der Waals surface area contributed by atoms with Crippen molar-refractivity contribution in [3.8, 4) is 0 Å². The van der Waals surface area contributed by atoms with Crippen molar-refractivity contribution in [3.63, 3.8) is 0 Å². The summed E-state index contributed by atoms with van der Waals surface area (Å²) < 4.78 is 28.9. The summed E-state index contributed by atoms with van der Waals surface area (Å²) in [6.45, 7) is -0.0771. The van der Waals surface area contributed by atoms with Gasteiger partial charge in [-0.3, -0.25) is 19.2 Å². The Kier molecular flexibility index (Phi) is 5.96. The molecule has 4 rings (SSSR count). The number of imide groups is 1. The second-order valence-corrected chi connectivity index (χ2v) is 8.28. The van der Waals surface area contributed by atoms with E-state index in [2.05, 4.69) is 5.32 Å². The fourth-order valence-electron chi connectivity index (χ4n) is 3.92. The van der Waals surface area contributed by atoms with Crippen LogP contribution in [0.4, 0.5) is 8.78 Å². The minimum absolute atomic E-state index is 0.0478. The fourth-order valence-corrected chi connectivity index (χ4v) is 4.04. The standard InChI is InChI=1S/C22H17BClF2N3O4/c23-29-18(30)8-7-17(20(29)32)28-11-13-9-12(1-6-16(13)19(28)31)10-27-21(33)22(25,26)14-2-4-15(24)5-3-14/h1-6,9,17H,7-8,10-11H2,(H,27,33). The average molecular weight is 472 g/mol. The zero-order valence-electron chi connectivity index (χ0n) is 17.2. The van der Waals surface area contributed by atoms with Crippen LogP contribution in [0.5, 0.6) is 0 Å². The van der Waals surface area contributed by atoms with Crippen LogP contribution in [0.1, 0.15) is 39.9 Å². The summed E-state index contributed by atoms with van der Waals surface area (Å²) in [7, 11) is 5.50. The molecule has 1 N–H and O–H groups in total. The van der Waals surface area contributed by atoms with E-state index in [0.717, 1.165) is 12.1 Å². The molecule has 0 aliphatic carbocycles. The van der Waals surface area contributed by atoms with Crippen molar-refractivity contribution < 1.29 is 28.0 Å². The first-order valence-electron chi connectivity index (χ1n) is 10.1. The molecule has 7 nitrogen and oxygen atoms in total. The largest absolute Gasteiger partial charge is 0.349 e. The summed E-state index contributed by atoms with van der Waals surface area (Å²) in [4.78, 5) is 50.7. The van der Waals surface area contributed by atoms with Crippen LogP contribution in [0.3, 0.4) is 0 Å². The lowest BCUT2D eigenvalue weighted by molar-refractivity contribution is -0.147. The van der Waals surface area contributed by atoms with Gasteiger partial charge >= 0.3 is 5.92 Å². The number of halogens is 3.